The van der Waals surface area contributed by atoms with Crippen molar-refractivity contribution in [2.45, 2.75) is 58.5 Å². The maximum atomic E-state index is 13.0. The van der Waals surface area contributed by atoms with Gasteiger partial charge in [0.15, 0.2) is 0 Å². The molecular weight excluding hydrogens is 450 g/mol. The Morgan fingerprint density at radius 1 is 0.871 bits per heavy atom. The number of anilines is 1. The monoisotopic (exact) mass is 478 g/mol. The average molecular weight is 478 g/mol. The van der Waals surface area contributed by atoms with E-state index in [-0.39, 0.29) is 30.6 Å². The minimum Gasteiger partial charge on any atom is -0.369 e. The first kappa shape index (κ1) is 27.5. The molecule has 0 aliphatic heterocycles. The average Bonchev–Trinajstić information content (AvgIpc) is 2.58. The molecule has 0 fully saturated rings. The number of nitrogens with zero attached hydrogens (tertiary/aromatic N) is 1. The molecule has 1 aromatic carbocycles. The molecule has 0 unspecified atom stereocenters. The van der Waals surface area contributed by atoms with Crippen molar-refractivity contribution in [3.05, 3.63) is 29.8 Å². The third kappa shape index (κ3) is 6.98. The van der Waals surface area contributed by atoms with Gasteiger partial charge in [0.1, 0.15) is 0 Å². The smallest absolute Gasteiger partial charge is 0.369 e. The molecule has 5 nitrogen and oxygen atoms in total. The van der Waals surface area contributed by atoms with Gasteiger partial charge >= 0.3 is 22.6 Å². The van der Waals surface area contributed by atoms with E-state index in [2.05, 4.69) is 4.72 Å². The molecule has 0 aliphatic rings. The Hall–Kier alpha value is -1.53. The van der Waals surface area contributed by atoms with Crippen molar-refractivity contribution < 1.29 is 39.9 Å². The number of rotatable bonds is 10. The van der Waals surface area contributed by atoms with E-state index >= 15 is 0 Å². The number of hydrogen-bond donors (Lipinski definition) is 2. The largest absolute Gasteiger partial charge is 0.430 e. The van der Waals surface area contributed by atoms with Gasteiger partial charge in [-0.2, -0.15) is 39.1 Å². The van der Waals surface area contributed by atoms with Gasteiger partial charge in [-0.1, -0.05) is 39.8 Å². The summed E-state index contributed by atoms with van der Waals surface area (Å²) in [5.74, 6) is 0.442. The Balaban J connectivity index is 3.15. The van der Waals surface area contributed by atoms with Crippen molar-refractivity contribution in [2.24, 2.45) is 11.8 Å². The van der Waals surface area contributed by atoms with Crippen LogP contribution in [0.5, 0.6) is 0 Å². The minimum absolute atomic E-state index is 0.208. The molecule has 12 heteroatoms. The quantitative estimate of drug-likeness (QED) is 0.463. The molecule has 180 valence electrons. The summed E-state index contributed by atoms with van der Waals surface area (Å²) in [6.45, 7) is 8.09. The van der Waals surface area contributed by atoms with Gasteiger partial charge in [-0.05, 0) is 36.8 Å². The zero-order valence-electron chi connectivity index (χ0n) is 17.7. The molecule has 31 heavy (non-hydrogen) atoms. The van der Waals surface area contributed by atoms with Crippen LogP contribution in [0.1, 0.15) is 46.1 Å². The maximum absolute atomic E-state index is 13.0. The first-order valence-electron chi connectivity index (χ1n) is 9.66. The Kier molecular flexibility index (Phi) is 8.83. The van der Waals surface area contributed by atoms with Crippen molar-refractivity contribution in [3.8, 4) is 0 Å². The van der Waals surface area contributed by atoms with Gasteiger partial charge in [-0.25, -0.2) is 0 Å². The lowest BCUT2D eigenvalue weighted by Gasteiger charge is -2.32. The van der Waals surface area contributed by atoms with Crippen molar-refractivity contribution in [3.63, 3.8) is 0 Å². The van der Waals surface area contributed by atoms with Crippen LogP contribution >= 0.6 is 0 Å². The fourth-order valence-corrected chi connectivity index (χ4v) is 3.89. The molecule has 1 aromatic rings. The van der Waals surface area contributed by atoms with Gasteiger partial charge in [0.2, 0.25) is 0 Å². The molecule has 0 saturated carbocycles. The van der Waals surface area contributed by atoms with Crippen LogP contribution < -0.4 is 4.72 Å². The maximum Gasteiger partial charge on any atom is 0.430 e. The van der Waals surface area contributed by atoms with Crippen molar-refractivity contribution in [1.82, 2.24) is 4.31 Å². The third-order valence-corrected chi connectivity index (χ3v) is 6.16. The van der Waals surface area contributed by atoms with Gasteiger partial charge < -0.3 is 5.11 Å². The highest BCUT2D eigenvalue weighted by Crippen LogP contribution is 2.50. The van der Waals surface area contributed by atoms with E-state index in [0.717, 1.165) is 12.1 Å². The fourth-order valence-electron chi connectivity index (χ4n) is 2.64. The second-order valence-electron chi connectivity index (χ2n) is 8.15. The molecule has 0 spiro atoms. The molecule has 0 bridgehead atoms. The van der Waals surface area contributed by atoms with Crippen LogP contribution in [0.3, 0.4) is 0 Å². The fraction of sp³-hybridized carbons (Fsp3) is 0.684. The SMILES string of the molecule is CC(C)CCN(CCC(C)C)S(=O)(=O)Nc1ccc(C(O)(C(F)(F)F)C(F)(F)F)cc1. The first-order chi connectivity index (χ1) is 13.9. The highest BCUT2D eigenvalue weighted by atomic mass is 32.2. The Morgan fingerprint density at radius 2 is 1.26 bits per heavy atom. The molecule has 0 radical (unpaired) electrons. The molecule has 0 heterocycles. The second-order valence-corrected chi connectivity index (χ2v) is 9.83. The Labute approximate surface area is 178 Å². The summed E-state index contributed by atoms with van der Waals surface area (Å²) < 4.78 is 107. The second kappa shape index (κ2) is 9.95. The van der Waals surface area contributed by atoms with Crippen molar-refractivity contribution >= 4 is 15.9 Å². The first-order valence-corrected chi connectivity index (χ1v) is 11.1. The molecule has 2 N–H and O–H groups in total. The third-order valence-electron chi connectivity index (χ3n) is 4.62. The van der Waals surface area contributed by atoms with E-state index in [9.17, 15) is 39.9 Å². The van der Waals surface area contributed by atoms with E-state index in [1.807, 2.05) is 27.7 Å². The van der Waals surface area contributed by atoms with Crippen LogP contribution in [0.15, 0.2) is 24.3 Å². The van der Waals surface area contributed by atoms with E-state index in [1.54, 1.807) is 0 Å². The molecular formula is C19H28F6N2O3S. The summed E-state index contributed by atoms with van der Waals surface area (Å²) in [5, 5.41) is 9.41. The van der Waals surface area contributed by atoms with Gasteiger partial charge in [0, 0.05) is 24.3 Å². The lowest BCUT2D eigenvalue weighted by Crippen LogP contribution is -2.53. The van der Waals surface area contributed by atoms with Crippen LogP contribution in [0.4, 0.5) is 32.0 Å². The predicted molar refractivity (Wildman–Crippen MR) is 105 cm³/mol. The molecule has 0 aliphatic carbocycles. The van der Waals surface area contributed by atoms with E-state index in [4.69, 9.17) is 0 Å². The highest BCUT2D eigenvalue weighted by Gasteiger charge is 2.71. The molecule has 0 atom stereocenters. The van der Waals surface area contributed by atoms with Gasteiger partial charge in [0.05, 0.1) is 0 Å². The summed E-state index contributed by atoms with van der Waals surface area (Å²) in [5.41, 5.74) is -6.76. The van der Waals surface area contributed by atoms with Crippen LogP contribution in [0, 0.1) is 11.8 Å². The van der Waals surface area contributed by atoms with Crippen molar-refractivity contribution in [2.75, 3.05) is 17.8 Å². The number of aliphatic hydroxyl groups is 1. The lowest BCUT2D eigenvalue weighted by molar-refractivity contribution is -0.376. The van der Waals surface area contributed by atoms with E-state index in [0.29, 0.717) is 25.0 Å². The lowest BCUT2D eigenvalue weighted by atomic mass is 9.92. The van der Waals surface area contributed by atoms with E-state index < -0.39 is 33.7 Å². The van der Waals surface area contributed by atoms with Gasteiger partial charge in [-0.15, -0.1) is 0 Å². The Bertz CT molecular complexity index is 779. The topological polar surface area (TPSA) is 69.6 Å². The number of benzene rings is 1. The highest BCUT2D eigenvalue weighted by molar-refractivity contribution is 7.90. The number of halogens is 6. The van der Waals surface area contributed by atoms with Crippen LogP contribution in [0.2, 0.25) is 0 Å². The normalized spacial score (nSPS) is 14.0. The predicted octanol–water partition coefficient (Wildman–Crippen LogP) is 5.05. The van der Waals surface area contributed by atoms with Gasteiger partial charge in [-0.3, -0.25) is 4.72 Å². The zero-order valence-corrected chi connectivity index (χ0v) is 18.5. The molecule has 0 saturated heterocycles. The standard InChI is InChI=1S/C19H28F6N2O3S/c1-13(2)9-11-27(12-10-14(3)4)31(29,30)26-16-7-5-15(6-8-16)17(28,18(20,21)22)19(23,24)25/h5-8,13-14,26,28H,9-12H2,1-4H3. The minimum atomic E-state index is -6.02. The number of alkyl halides is 6. The van der Waals surface area contributed by atoms with Crippen LogP contribution in [-0.4, -0.2) is 43.3 Å². The van der Waals surface area contributed by atoms with Crippen LogP contribution in [0.25, 0.3) is 0 Å². The molecule has 1 rings (SSSR count). The molecule has 0 aromatic heterocycles. The number of nitrogens with one attached hydrogen (secondary N) is 1. The Morgan fingerprint density at radius 3 is 1.58 bits per heavy atom. The zero-order chi connectivity index (χ0) is 24.3. The summed E-state index contributed by atoms with van der Waals surface area (Å²) in [6, 6.07) is 2.29. The summed E-state index contributed by atoms with van der Waals surface area (Å²) in [4.78, 5) is 0. The summed E-state index contributed by atoms with van der Waals surface area (Å²) in [7, 11) is -4.10. The van der Waals surface area contributed by atoms with Crippen molar-refractivity contribution in [1.29, 1.82) is 0 Å². The summed E-state index contributed by atoms with van der Waals surface area (Å²) >= 11 is 0. The van der Waals surface area contributed by atoms with Gasteiger partial charge in [0.25, 0.3) is 5.60 Å². The molecule has 0 amide bonds. The van der Waals surface area contributed by atoms with Crippen LogP contribution in [-0.2, 0) is 15.8 Å². The number of hydrogen-bond acceptors (Lipinski definition) is 3. The van der Waals surface area contributed by atoms with E-state index in [1.165, 1.54) is 4.31 Å². The summed E-state index contributed by atoms with van der Waals surface area (Å²) in [6.07, 6.45) is -10.9.